The van der Waals surface area contributed by atoms with E-state index < -0.39 is 0 Å². The van der Waals surface area contributed by atoms with Crippen LogP contribution in [0.2, 0.25) is 0 Å². The largest absolute Gasteiger partial charge is 0.462 e. The Morgan fingerprint density at radius 1 is 1.38 bits per heavy atom. The summed E-state index contributed by atoms with van der Waals surface area (Å²) in [7, 11) is 0. The fraction of sp³-hybridized carbons (Fsp3) is 0.375. The summed E-state index contributed by atoms with van der Waals surface area (Å²) in [5, 5.41) is 4.31. The van der Waals surface area contributed by atoms with Crippen molar-refractivity contribution in [1.29, 1.82) is 0 Å². The summed E-state index contributed by atoms with van der Waals surface area (Å²) in [5.41, 5.74) is 2.66. The molecule has 3 rings (SSSR count). The van der Waals surface area contributed by atoms with Crippen LogP contribution in [0, 0.1) is 13.8 Å². The molecule has 1 N–H and O–H groups in total. The van der Waals surface area contributed by atoms with Gasteiger partial charge in [0.05, 0.1) is 23.5 Å². The summed E-state index contributed by atoms with van der Waals surface area (Å²) in [5.74, 6) is 1.10. The van der Waals surface area contributed by atoms with Crippen LogP contribution in [0.3, 0.4) is 0 Å². The average Bonchev–Trinajstić information content (AvgIpc) is 3.15. The Morgan fingerprint density at radius 2 is 2.17 bits per heavy atom. The van der Waals surface area contributed by atoms with Crippen LogP contribution in [0.5, 0.6) is 0 Å². The number of thiophene rings is 1. The number of carbonyl (C=O) groups excluding carboxylic acids is 1. The van der Waals surface area contributed by atoms with Crippen molar-refractivity contribution in [2.45, 2.75) is 33.7 Å². The number of nitrogens with zero attached hydrogens (tertiary/aromatic N) is 3. The first-order chi connectivity index (χ1) is 11.5. The van der Waals surface area contributed by atoms with E-state index in [-0.39, 0.29) is 12.0 Å². The number of thiazole rings is 1. The van der Waals surface area contributed by atoms with Crippen molar-refractivity contribution < 1.29 is 9.53 Å². The molecule has 0 amide bonds. The second kappa shape index (κ2) is 6.82. The fourth-order valence-electron chi connectivity index (χ4n) is 2.46. The standard InChI is InChI=1S/C16H18N4O2S2/c1-5-22-16(21)13-8(2)12-14(19-10(4)20-15(12)24-13)18-9(3)11-6-17-7-23-11/h6-7,9H,5H2,1-4H3,(H,18,19,20)/t9-/m0/s1. The third-order valence-corrected chi connectivity index (χ3v) is 5.72. The Labute approximate surface area is 147 Å². The summed E-state index contributed by atoms with van der Waals surface area (Å²) >= 11 is 2.94. The van der Waals surface area contributed by atoms with Gasteiger partial charge in [0.1, 0.15) is 21.3 Å². The Bertz CT molecular complexity index is 874. The van der Waals surface area contributed by atoms with Crippen LogP contribution in [0.4, 0.5) is 5.82 Å². The lowest BCUT2D eigenvalue weighted by Gasteiger charge is -2.14. The number of anilines is 1. The predicted octanol–water partition coefficient (Wildman–Crippen LogP) is 4.11. The van der Waals surface area contributed by atoms with Crippen LogP contribution in [0.15, 0.2) is 11.7 Å². The SMILES string of the molecule is CCOC(=O)c1sc2nc(C)nc(N[C@@H](C)c3cncs3)c2c1C. The van der Waals surface area contributed by atoms with Gasteiger partial charge in [-0.2, -0.15) is 0 Å². The second-order valence-corrected chi connectivity index (χ2v) is 7.26. The molecule has 0 unspecified atom stereocenters. The van der Waals surface area contributed by atoms with Crippen molar-refractivity contribution in [1.82, 2.24) is 15.0 Å². The number of aryl methyl sites for hydroxylation is 2. The van der Waals surface area contributed by atoms with Crippen LogP contribution in [-0.4, -0.2) is 27.5 Å². The van der Waals surface area contributed by atoms with Crippen molar-refractivity contribution in [2.75, 3.05) is 11.9 Å². The van der Waals surface area contributed by atoms with Gasteiger partial charge in [-0.05, 0) is 33.3 Å². The van der Waals surface area contributed by atoms with Gasteiger partial charge in [0, 0.05) is 11.1 Å². The minimum atomic E-state index is -0.308. The molecule has 1 atom stereocenters. The summed E-state index contributed by atoms with van der Waals surface area (Å²) in [4.78, 5) is 27.8. The third-order valence-electron chi connectivity index (χ3n) is 3.59. The molecule has 8 heteroatoms. The van der Waals surface area contributed by atoms with Gasteiger partial charge in [-0.15, -0.1) is 22.7 Å². The van der Waals surface area contributed by atoms with Crippen LogP contribution < -0.4 is 5.32 Å². The van der Waals surface area contributed by atoms with Gasteiger partial charge in [0.2, 0.25) is 0 Å². The van der Waals surface area contributed by atoms with E-state index in [4.69, 9.17) is 4.74 Å². The number of rotatable bonds is 5. The maximum absolute atomic E-state index is 12.2. The lowest BCUT2D eigenvalue weighted by Crippen LogP contribution is -2.08. The molecule has 0 radical (unpaired) electrons. The topological polar surface area (TPSA) is 77.0 Å². The monoisotopic (exact) mass is 362 g/mol. The zero-order chi connectivity index (χ0) is 17.3. The maximum Gasteiger partial charge on any atom is 0.348 e. The number of ether oxygens (including phenoxy) is 1. The van der Waals surface area contributed by atoms with E-state index in [1.165, 1.54) is 11.3 Å². The quantitative estimate of drug-likeness (QED) is 0.688. The van der Waals surface area contributed by atoms with Gasteiger partial charge < -0.3 is 10.1 Å². The highest BCUT2D eigenvalue weighted by molar-refractivity contribution is 7.20. The van der Waals surface area contributed by atoms with E-state index in [2.05, 4.69) is 27.2 Å². The molecule has 126 valence electrons. The molecule has 0 aliphatic heterocycles. The summed E-state index contributed by atoms with van der Waals surface area (Å²) in [6, 6.07) is 0.0698. The number of nitrogens with one attached hydrogen (secondary N) is 1. The highest BCUT2D eigenvalue weighted by Gasteiger charge is 2.21. The molecule has 0 aliphatic carbocycles. The fourth-order valence-corrected chi connectivity index (χ4v) is 4.21. The Balaban J connectivity index is 2.05. The van der Waals surface area contributed by atoms with Crippen molar-refractivity contribution >= 4 is 44.7 Å². The van der Waals surface area contributed by atoms with Gasteiger partial charge in [-0.1, -0.05) is 0 Å². The molecule has 3 aromatic heterocycles. The number of fused-ring (bicyclic) bond motifs is 1. The van der Waals surface area contributed by atoms with Gasteiger partial charge in [-0.25, -0.2) is 14.8 Å². The number of hydrogen-bond acceptors (Lipinski definition) is 8. The zero-order valence-electron chi connectivity index (χ0n) is 13.9. The molecule has 0 spiro atoms. The van der Waals surface area contributed by atoms with Crippen LogP contribution >= 0.6 is 22.7 Å². The van der Waals surface area contributed by atoms with Crippen molar-refractivity contribution in [3.8, 4) is 0 Å². The summed E-state index contributed by atoms with van der Waals surface area (Å²) in [6.07, 6.45) is 1.85. The number of hydrogen-bond donors (Lipinski definition) is 1. The number of carbonyl (C=O) groups is 1. The number of esters is 1. The molecule has 0 aliphatic rings. The zero-order valence-corrected chi connectivity index (χ0v) is 15.5. The number of aromatic nitrogens is 3. The molecule has 6 nitrogen and oxygen atoms in total. The smallest absolute Gasteiger partial charge is 0.348 e. The first kappa shape index (κ1) is 16.8. The maximum atomic E-state index is 12.2. The van der Waals surface area contributed by atoms with Gasteiger partial charge in [0.15, 0.2) is 0 Å². The normalized spacial score (nSPS) is 12.3. The van der Waals surface area contributed by atoms with E-state index in [0.717, 1.165) is 26.5 Å². The third kappa shape index (κ3) is 3.11. The molecule has 0 fully saturated rings. The van der Waals surface area contributed by atoms with E-state index in [0.29, 0.717) is 17.3 Å². The van der Waals surface area contributed by atoms with Gasteiger partial charge >= 0.3 is 5.97 Å². The Kier molecular flexibility index (Phi) is 4.77. The second-order valence-electron chi connectivity index (χ2n) is 5.35. The van der Waals surface area contributed by atoms with Crippen molar-refractivity contribution in [3.05, 3.63) is 32.8 Å². The lowest BCUT2D eigenvalue weighted by atomic mass is 10.2. The minimum absolute atomic E-state index is 0.0698. The average molecular weight is 362 g/mol. The highest BCUT2D eigenvalue weighted by Crippen LogP contribution is 2.35. The Hall–Kier alpha value is -2.06. The first-order valence-electron chi connectivity index (χ1n) is 7.61. The lowest BCUT2D eigenvalue weighted by molar-refractivity contribution is 0.0531. The van der Waals surface area contributed by atoms with E-state index in [1.54, 1.807) is 18.3 Å². The van der Waals surface area contributed by atoms with Crippen LogP contribution in [-0.2, 0) is 4.74 Å². The summed E-state index contributed by atoms with van der Waals surface area (Å²) < 4.78 is 5.14. The summed E-state index contributed by atoms with van der Waals surface area (Å²) in [6.45, 7) is 7.97. The van der Waals surface area contributed by atoms with E-state index in [1.807, 2.05) is 25.6 Å². The molecule has 3 aromatic rings. The van der Waals surface area contributed by atoms with Crippen molar-refractivity contribution in [3.63, 3.8) is 0 Å². The molecular formula is C16H18N4O2S2. The molecule has 0 saturated heterocycles. The Morgan fingerprint density at radius 3 is 2.83 bits per heavy atom. The highest BCUT2D eigenvalue weighted by atomic mass is 32.1. The minimum Gasteiger partial charge on any atom is -0.462 e. The van der Waals surface area contributed by atoms with Crippen LogP contribution in [0.1, 0.15) is 45.8 Å². The van der Waals surface area contributed by atoms with E-state index >= 15 is 0 Å². The molecule has 3 heterocycles. The van der Waals surface area contributed by atoms with Crippen LogP contribution in [0.25, 0.3) is 10.2 Å². The molecule has 0 aromatic carbocycles. The van der Waals surface area contributed by atoms with Crippen molar-refractivity contribution in [2.24, 2.45) is 0 Å². The van der Waals surface area contributed by atoms with Gasteiger partial charge in [0.25, 0.3) is 0 Å². The first-order valence-corrected chi connectivity index (χ1v) is 9.30. The molecular weight excluding hydrogens is 344 g/mol. The van der Waals surface area contributed by atoms with E-state index in [9.17, 15) is 4.79 Å². The molecule has 24 heavy (non-hydrogen) atoms. The molecule has 0 bridgehead atoms. The van der Waals surface area contributed by atoms with Gasteiger partial charge in [-0.3, -0.25) is 4.98 Å². The predicted molar refractivity (Wildman–Crippen MR) is 97.0 cm³/mol. The molecule has 0 saturated carbocycles.